The van der Waals surface area contributed by atoms with Gasteiger partial charge in [0.15, 0.2) is 17.5 Å². The normalized spacial score (nSPS) is 11.6. The molecule has 0 aliphatic heterocycles. The summed E-state index contributed by atoms with van der Waals surface area (Å²) in [5.41, 5.74) is 12.4. The van der Waals surface area contributed by atoms with Crippen LogP contribution in [-0.4, -0.2) is 19.5 Å². The lowest BCUT2D eigenvalue weighted by molar-refractivity contribution is 0.669. The summed E-state index contributed by atoms with van der Waals surface area (Å²) in [5, 5.41) is 4.60. The summed E-state index contributed by atoms with van der Waals surface area (Å²) in [5.74, 6) is 1.89. The minimum atomic E-state index is 0.622. The Labute approximate surface area is 322 Å². The predicted molar refractivity (Wildman–Crippen MR) is 229 cm³/mol. The minimum Gasteiger partial charge on any atom is -0.456 e. The van der Waals surface area contributed by atoms with Gasteiger partial charge in [-0.25, -0.2) is 15.0 Å². The zero-order chi connectivity index (χ0) is 37.0. The van der Waals surface area contributed by atoms with Gasteiger partial charge in [0, 0.05) is 50.0 Å². The Hall–Kier alpha value is -7.63. The van der Waals surface area contributed by atoms with Crippen molar-refractivity contribution in [2.75, 3.05) is 0 Å². The maximum Gasteiger partial charge on any atom is 0.164 e. The number of aromatic nitrogens is 4. The van der Waals surface area contributed by atoms with Crippen molar-refractivity contribution in [1.82, 2.24) is 19.5 Å². The smallest absolute Gasteiger partial charge is 0.164 e. The standard InChI is InChI=1S/C51H32N4O/c1-4-13-33(14-5-1)34-23-27-37(28-24-34)50-52-49(36-15-6-2-7-16-36)53-51(54-50)38-29-25-35(26-30-38)40-20-12-22-46-48(40)43-31-42-41-19-10-11-21-44(41)55(39-17-8-3-9-18-39)45(42)32-47(43)56-46/h1-32H. The van der Waals surface area contributed by atoms with E-state index in [2.05, 4.69) is 162 Å². The summed E-state index contributed by atoms with van der Waals surface area (Å²) >= 11 is 0. The van der Waals surface area contributed by atoms with Gasteiger partial charge in [0.25, 0.3) is 0 Å². The Kier molecular flexibility index (Phi) is 7.42. The molecule has 0 radical (unpaired) electrons. The number of nitrogens with zero attached hydrogens (tertiary/aromatic N) is 4. The number of benzene rings is 8. The summed E-state index contributed by atoms with van der Waals surface area (Å²) < 4.78 is 8.93. The number of furan rings is 1. The van der Waals surface area contributed by atoms with Crippen LogP contribution in [0.25, 0.3) is 106 Å². The van der Waals surface area contributed by atoms with Gasteiger partial charge in [-0.15, -0.1) is 0 Å². The van der Waals surface area contributed by atoms with Gasteiger partial charge in [-0.1, -0.05) is 158 Å². The fourth-order valence-electron chi connectivity index (χ4n) is 7.98. The highest BCUT2D eigenvalue weighted by Crippen LogP contribution is 2.42. The molecule has 0 saturated carbocycles. The van der Waals surface area contributed by atoms with E-state index in [1.54, 1.807) is 0 Å². The molecule has 5 nitrogen and oxygen atoms in total. The van der Waals surface area contributed by atoms with Crippen LogP contribution >= 0.6 is 0 Å². The van der Waals surface area contributed by atoms with Crippen LogP contribution in [0.5, 0.6) is 0 Å². The highest BCUT2D eigenvalue weighted by atomic mass is 16.3. The van der Waals surface area contributed by atoms with Gasteiger partial charge in [-0.2, -0.15) is 0 Å². The second-order valence-electron chi connectivity index (χ2n) is 14.0. The first-order valence-electron chi connectivity index (χ1n) is 18.8. The molecular formula is C51H32N4O. The molecule has 0 aliphatic carbocycles. The van der Waals surface area contributed by atoms with Gasteiger partial charge in [0.1, 0.15) is 11.2 Å². The Bertz CT molecular complexity index is 3200. The molecule has 0 bridgehead atoms. The molecule has 8 aromatic carbocycles. The number of fused-ring (bicyclic) bond motifs is 6. The van der Waals surface area contributed by atoms with Crippen LogP contribution in [0.2, 0.25) is 0 Å². The third-order valence-corrected chi connectivity index (χ3v) is 10.7. The third-order valence-electron chi connectivity index (χ3n) is 10.7. The molecule has 3 aromatic heterocycles. The van der Waals surface area contributed by atoms with Crippen LogP contribution in [-0.2, 0) is 0 Å². The van der Waals surface area contributed by atoms with E-state index in [9.17, 15) is 0 Å². The van der Waals surface area contributed by atoms with Crippen LogP contribution in [0.1, 0.15) is 0 Å². The van der Waals surface area contributed by atoms with Crippen LogP contribution in [0.3, 0.4) is 0 Å². The summed E-state index contributed by atoms with van der Waals surface area (Å²) in [6.45, 7) is 0. The van der Waals surface area contributed by atoms with Crippen molar-refractivity contribution in [3.63, 3.8) is 0 Å². The lowest BCUT2D eigenvalue weighted by atomic mass is 9.97. The molecule has 3 heterocycles. The van der Waals surface area contributed by atoms with Gasteiger partial charge < -0.3 is 8.98 Å². The Morgan fingerprint density at radius 2 is 0.857 bits per heavy atom. The molecule has 262 valence electrons. The summed E-state index contributed by atoms with van der Waals surface area (Å²) in [6, 6.07) is 67.4. The second kappa shape index (κ2) is 13.0. The van der Waals surface area contributed by atoms with E-state index in [1.807, 2.05) is 36.4 Å². The summed E-state index contributed by atoms with van der Waals surface area (Å²) in [6.07, 6.45) is 0. The van der Waals surface area contributed by atoms with E-state index < -0.39 is 0 Å². The van der Waals surface area contributed by atoms with E-state index >= 15 is 0 Å². The van der Waals surface area contributed by atoms with E-state index in [1.165, 1.54) is 21.9 Å². The predicted octanol–water partition coefficient (Wildman–Crippen LogP) is 13.2. The van der Waals surface area contributed by atoms with Crippen molar-refractivity contribution < 1.29 is 4.42 Å². The van der Waals surface area contributed by atoms with Crippen molar-refractivity contribution >= 4 is 43.7 Å². The largest absolute Gasteiger partial charge is 0.456 e. The summed E-state index contributed by atoms with van der Waals surface area (Å²) in [4.78, 5) is 15.0. The molecule has 0 fully saturated rings. The third kappa shape index (κ3) is 5.37. The van der Waals surface area contributed by atoms with Crippen molar-refractivity contribution in [2.24, 2.45) is 0 Å². The fraction of sp³-hybridized carbons (Fsp3) is 0. The van der Waals surface area contributed by atoms with Crippen molar-refractivity contribution in [3.05, 3.63) is 194 Å². The van der Waals surface area contributed by atoms with Crippen molar-refractivity contribution in [1.29, 1.82) is 0 Å². The lowest BCUT2D eigenvalue weighted by Gasteiger charge is -2.10. The van der Waals surface area contributed by atoms with Crippen molar-refractivity contribution in [2.45, 2.75) is 0 Å². The Morgan fingerprint density at radius 3 is 1.52 bits per heavy atom. The first-order chi connectivity index (χ1) is 27.7. The number of hydrogen-bond acceptors (Lipinski definition) is 4. The number of para-hydroxylation sites is 2. The fourth-order valence-corrected chi connectivity index (χ4v) is 7.98. The molecule has 11 aromatic rings. The van der Waals surface area contributed by atoms with Gasteiger partial charge in [0.05, 0.1) is 11.0 Å². The Morgan fingerprint density at radius 1 is 0.339 bits per heavy atom. The SMILES string of the molecule is c1ccc(-c2ccc(-c3nc(-c4ccccc4)nc(-c4ccc(-c5cccc6oc7cc8c(cc7c56)c5ccccc5n8-c5ccccc5)cc4)n3)cc2)cc1. The topological polar surface area (TPSA) is 56.7 Å². The molecular weight excluding hydrogens is 685 g/mol. The molecule has 0 atom stereocenters. The van der Waals surface area contributed by atoms with Crippen LogP contribution in [0.4, 0.5) is 0 Å². The van der Waals surface area contributed by atoms with Gasteiger partial charge in [-0.3, -0.25) is 0 Å². The maximum atomic E-state index is 6.61. The molecule has 0 N–H and O–H groups in total. The zero-order valence-electron chi connectivity index (χ0n) is 30.2. The monoisotopic (exact) mass is 716 g/mol. The molecule has 0 unspecified atom stereocenters. The maximum absolute atomic E-state index is 6.61. The first-order valence-corrected chi connectivity index (χ1v) is 18.8. The first kappa shape index (κ1) is 31.9. The second-order valence-corrected chi connectivity index (χ2v) is 14.0. The molecule has 0 amide bonds. The van der Waals surface area contributed by atoms with Crippen LogP contribution in [0, 0.1) is 0 Å². The average molecular weight is 717 g/mol. The number of rotatable bonds is 6. The lowest BCUT2D eigenvalue weighted by Crippen LogP contribution is -2.00. The molecule has 11 rings (SSSR count). The van der Waals surface area contributed by atoms with Gasteiger partial charge >= 0.3 is 0 Å². The molecule has 0 spiro atoms. The zero-order valence-corrected chi connectivity index (χ0v) is 30.2. The van der Waals surface area contributed by atoms with E-state index in [0.717, 1.165) is 66.5 Å². The minimum absolute atomic E-state index is 0.622. The van der Waals surface area contributed by atoms with Crippen LogP contribution < -0.4 is 0 Å². The van der Waals surface area contributed by atoms with E-state index in [0.29, 0.717) is 17.5 Å². The van der Waals surface area contributed by atoms with Gasteiger partial charge in [-0.05, 0) is 52.6 Å². The molecule has 5 heteroatoms. The average Bonchev–Trinajstić information content (AvgIpc) is 3.81. The molecule has 56 heavy (non-hydrogen) atoms. The highest BCUT2D eigenvalue weighted by molar-refractivity contribution is 6.20. The molecule has 0 aliphatic rings. The highest BCUT2D eigenvalue weighted by Gasteiger charge is 2.19. The van der Waals surface area contributed by atoms with E-state index in [4.69, 9.17) is 19.4 Å². The molecule has 0 saturated heterocycles. The van der Waals surface area contributed by atoms with Crippen LogP contribution in [0.15, 0.2) is 199 Å². The summed E-state index contributed by atoms with van der Waals surface area (Å²) in [7, 11) is 0. The Balaban J connectivity index is 1.01. The van der Waals surface area contributed by atoms with Gasteiger partial charge in [0.2, 0.25) is 0 Å². The number of hydrogen-bond donors (Lipinski definition) is 0. The quantitative estimate of drug-likeness (QED) is 0.172. The van der Waals surface area contributed by atoms with E-state index in [-0.39, 0.29) is 0 Å². The van der Waals surface area contributed by atoms with Crippen molar-refractivity contribution in [3.8, 4) is 62.1 Å².